The van der Waals surface area contributed by atoms with E-state index in [1.165, 1.54) is 17.7 Å². The van der Waals surface area contributed by atoms with Gasteiger partial charge in [-0.25, -0.2) is 4.98 Å². The maximum Gasteiger partial charge on any atom is 0.180 e. The zero-order chi connectivity index (χ0) is 10.3. The molecule has 82 valence electrons. The lowest BCUT2D eigenvalue weighted by Crippen LogP contribution is -2.46. The molecule has 0 unspecified atom stereocenters. The molecule has 1 aromatic heterocycles. The van der Waals surface area contributed by atoms with Gasteiger partial charge in [-0.3, -0.25) is 4.90 Å². The van der Waals surface area contributed by atoms with Crippen LogP contribution in [0, 0.1) is 0 Å². The van der Waals surface area contributed by atoms with Gasteiger partial charge in [0.2, 0.25) is 0 Å². The van der Waals surface area contributed by atoms with Gasteiger partial charge in [0.1, 0.15) is 0 Å². The summed E-state index contributed by atoms with van der Waals surface area (Å²) in [5, 5.41) is 0.670. The van der Waals surface area contributed by atoms with Crippen molar-refractivity contribution in [2.75, 3.05) is 25.5 Å². The Morgan fingerprint density at radius 3 is 3.13 bits per heavy atom. The van der Waals surface area contributed by atoms with Gasteiger partial charge in [0.25, 0.3) is 0 Å². The molecule has 4 nitrogen and oxygen atoms in total. The molecular weight excluding hydrogens is 210 g/mol. The van der Waals surface area contributed by atoms with E-state index in [0.717, 1.165) is 26.3 Å². The van der Waals surface area contributed by atoms with Gasteiger partial charge in [-0.2, -0.15) is 0 Å². The van der Waals surface area contributed by atoms with Crippen molar-refractivity contribution in [2.45, 2.75) is 24.9 Å². The van der Waals surface area contributed by atoms with Crippen LogP contribution in [0.3, 0.4) is 0 Å². The summed E-state index contributed by atoms with van der Waals surface area (Å²) in [5.74, 6) is 0. The molecule has 0 radical (unpaired) electrons. The molecule has 0 bridgehead atoms. The van der Waals surface area contributed by atoms with Gasteiger partial charge >= 0.3 is 0 Å². The molecule has 0 aromatic carbocycles. The molecule has 1 spiro atoms. The summed E-state index contributed by atoms with van der Waals surface area (Å²) in [6, 6.07) is 0. The van der Waals surface area contributed by atoms with Gasteiger partial charge in [0, 0.05) is 29.7 Å². The Hall–Kier alpha value is -0.650. The number of hydrogen-bond donors (Lipinski definition) is 1. The van der Waals surface area contributed by atoms with E-state index in [9.17, 15) is 0 Å². The predicted octanol–water partition coefficient (Wildman–Crippen LogP) is 1.09. The average molecular weight is 225 g/mol. The third-order valence-electron chi connectivity index (χ3n) is 3.29. The summed E-state index contributed by atoms with van der Waals surface area (Å²) in [4.78, 5) is 7.88. The Morgan fingerprint density at radius 2 is 2.47 bits per heavy atom. The highest BCUT2D eigenvalue weighted by Gasteiger charge is 2.49. The first kappa shape index (κ1) is 9.57. The fraction of sp³-hybridized carbons (Fsp3) is 0.700. The number of rotatable bonds is 2. The first-order valence-corrected chi connectivity index (χ1v) is 6.13. The highest BCUT2D eigenvalue weighted by molar-refractivity contribution is 7.15. The van der Waals surface area contributed by atoms with Crippen molar-refractivity contribution < 1.29 is 4.74 Å². The second-order valence-electron chi connectivity index (χ2n) is 4.36. The molecule has 1 aromatic rings. The van der Waals surface area contributed by atoms with E-state index in [-0.39, 0.29) is 0 Å². The van der Waals surface area contributed by atoms with Crippen LogP contribution in [-0.2, 0) is 11.3 Å². The van der Waals surface area contributed by atoms with E-state index in [1.54, 1.807) is 11.3 Å². The zero-order valence-corrected chi connectivity index (χ0v) is 9.42. The molecule has 3 rings (SSSR count). The highest BCUT2D eigenvalue weighted by atomic mass is 32.1. The van der Waals surface area contributed by atoms with Crippen LogP contribution in [0.5, 0.6) is 0 Å². The Morgan fingerprint density at radius 1 is 1.60 bits per heavy atom. The highest BCUT2D eigenvalue weighted by Crippen LogP contribution is 2.44. The Kier molecular flexibility index (Phi) is 2.19. The molecule has 1 aliphatic carbocycles. The molecule has 2 N–H and O–H groups in total. The fourth-order valence-electron chi connectivity index (χ4n) is 2.20. The summed E-state index contributed by atoms with van der Waals surface area (Å²) in [6.07, 6.45) is 4.45. The predicted molar refractivity (Wildman–Crippen MR) is 59.7 cm³/mol. The van der Waals surface area contributed by atoms with Crippen LogP contribution in [0.1, 0.15) is 17.7 Å². The second kappa shape index (κ2) is 3.43. The van der Waals surface area contributed by atoms with Crippen molar-refractivity contribution in [1.29, 1.82) is 0 Å². The first-order chi connectivity index (χ1) is 7.28. The number of morpholine rings is 1. The number of nitrogen functional groups attached to an aromatic ring is 1. The van der Waals surface area contributed by atoms with Crippen LogP contribution in [-0.4, -0.2) is 35.2 Å². The minimum atomic E-state index is 0.358. The Balaban J connectivity index is 1.71. The third kappa shape index (κ3) is 1.75. The van der Waals surface area contributed by atoms with E-state index in [2.05, 4.69) is 9.88 Å². The normalized spacial score (nSPS) is 24.5. The quantitative estimate of drug-likeness (QED) is 0.818. The molecule has 0 atom stereocenters. The maximum absolute atomic E-state index is 5.63. The van der Waals surface area contributed by atoms with Gasteiger partial charge in [-0.05, 0) is 12.8 Å². The Labute approximate surface area is 93.0 Å². The monoisotopic (exact) mass is 225 g/mol. The summed E-state index contributed by atoms with van der Waals surface area (Å²) in [7, 11) is 0. The number of hydrogen-bond acceptors (Lipinski definition) is 5. The molecule has 5 heteroatoms. The lowest BCUT2D eigenvalue weighted by atomic mass is 10.2. The first-order valence-electron chi connectivity index (χ1n) is 5.32. The zero-order valence-electron chi connectivity index (χ0n) is 8.61. The molecule has 1 saturated carbocycles. The minimum Gasteiger partial charge on any atom is -0.378 e. The molecular formula is C10H15N3OS. The van der Waals surface area contributed by atoms with Gasteiger partial charge in [0.15, 0.2) is 5.13 Å². The van der Waals surface area contributed by atoms with Crippen molar-refractivity contribution >= 4 is 16.5 Å². The molecule has 2 heterocycles. The molecule has 0 amide bonds. The number of ether oxygens (including phenoxy) is 1. The van der Waals surface area contributed by atoms with Gasteiger partial charge in [-0.15, -0.1) is 11.3 Å². The van der Waals surface area contributed by atoms with Crippen LogP contribution >= 0.6 is 11.3 Å². The standard InChI is InChI=1S/C10H15N3OS/c11-9-12-5-8(15-9)6-13-3-4-14-7-10(13)1-2-10/h5H,1-4,6-7H2,(H2,11,12). The van der Waals surface area contributed by atoms with Gasteiger partial charge < -0.3 is 10.5 Å². The summed E-state index contributed by atoms with van der Waals surface area (Å²) in [6.45, 7) is 3.79. The maximum atomic E-state index is 5.63. The number of thiazole rings is 1. The van der Waals surface area contributed by atoms with Gasteiger partial charge in [0.05, 0.1) is 13.2 Å². The molecule has 1 aliphatic heterocycles. The van der Waals surface area contributed by atoms with Crippen molar-refractivity contribution in [2.24, 2.45) is 0 Å². The number of nitrogens with two attached hydrogens (primary N) is 1. The number of aromatic nitrogens is 1. The fourth-order valence-corrected chi connectivity index (χ4v) is 2.90. The van der Waals surface area contributed by atoms with Crippen molar-refractivity contribution in [3.05, 3.63) is 11.1 Å². The van der Waals surface area contributed by atoms with E-state index in [4.69, 9.17) is 10.5 Å². The summed E-state index contributed by atoms with van der Waals surface area (Å²) in [5.41, 5.74) is 5.99. The SMILES string of the molecule is Nc1ncc(CN2CCOCC23CC3)s1. The Bertz CT molecular complexity index is 361. The van der Waals surface area contributed by atoms with Crippen LogP contribution in [0.15, 0.2) is 6.20 Å². The number of nitrogens with zero attached hydrogens (tertiary/aromatic N) is 2. The average Bonchev–Trinajstić information content (AvgIpc) is 2.88. The van der Waals surface area contributed by atoms with Crippen LogP contribution in [0.2, 0.25) is 0 Å². The molecule has 1 saturated heterocycles. The van der Waals surface area contributed by atoms with Crippen LogP contribution in [0.25, 0.3) is 0 Å². The van der Waals surface area contributed by atoms with Gasteiger partial charge in [-0.1, -0.05) is 0 Å². The van der Waals surface area contributed by atoms with E-state index in [0.29, 0.717) is 10.7 Å². The van der Waals surface area contributed by atoms with Crippen molar-refractivity contribution in [3.63, 3.8) is 0 Å². The van der Waals surface area contributed by atoms with Crippen LogP contribution in [0.4, 0.5) is 5.13 Å². The molecule has 2 fully saturated rings. The third-order valence-corrected chi connectivity index (χ3v) is 4.10. The topological polar surface area (TPSA) is 51.4 Å². The lowest BCUT2D eigenvalue weighted by Gasteiger charge is -2.35. The van der Waals surface area contributed by atoms with E-state index < -0.39 is 0 Å². The minimum absolute atomic E-state index is 0.358. The lowest BCUT2D eigenvalue weighted by molar-refractivity contribution is -0.0240. The van der Waals surface area contributed by atoms with E-state index >= 15 is 0 Å². The van der Waals surface area contributed by atoms with Crippen molar-refractivity contribution in [3.8, 4) is 0 Å². The number of anilines is 1. The smallest absolute Gasteiger partial charge is 0.180 e. The summed E-state index contributed by atoms with van der Waals surface area (Å²) < 4.78 is 5.54. The molecule has 15 heavy (non-hydrogen) atoms. The largest absolute Gasteiger partial charge is 0.378 e. The van der Waals surface area contributed by atoms with Crippen molar-refractivity contribution in [1.82, 2.24) is 9.88 Å². The second-order valence-corrected chi connectivity index (χ2v) is 5.51. The summed E-state index contributed by atoms with van der Waals surface area (Å²) >= 11 is 1.59. The van der Waals surface area contributed by atoms with E-state index in [1.807, 2.05) is 6.20 Å². The van der Waals surface area contributed by atoms with Crippen LogP contribution < -0.4 is 5.73 Å². The molecule has 2 aliphatic rings.